The molecule has 0 aliphatic carbocycles. The third kappa shape index (κ3) is 14.5. The number of hydrogen-bond acceptors (Lipinski definition) is 4. The first-order valence-electron chi connectivity index (χ1n) is 8.98. The first-order valence-corrected chi connectivity index (χ1v) is 8.98. The molecular formula is C18H38N4O3. The Bertz CT molecular complexity index is 415. The normalized spacial score (nSPS) is 12.9. The van der Waals surface area contributed by atoms with Crippen LogP contribution in [0.5, 0.6) is 0 Å². The Labute approximate surface area is 153 Å². The van der Waals surface area contributed by atoms with Gasteiger partial charge in [0.15, 0.2) is 5.96 Å². The van der Waals surface area contributed by atoms with E-state index >= 15 is 0 Å². The minimum Gasteiger partial charge on any atom is -0.444 e. The second kappa shape index (κ2) is 11.2. The van der Waals surface area contributed by atoms with Crippen molar-refractivity contribution in [3.05, 3.63) is 0 Å². The summed E-state index contributed by atoms with van der Waals surface area (Å²) in [6.07, 6.45) is 0.483. The summed E-state index contributed by atoms with van der Waals surface area (Å²) in [6, 6.07) is 0. The number of nitrogens with zero attached hydrogens (tertiary/aromatic N) is 1. The van der Waals surface area contributed by atoms with Gasteiger partial charge in [0.1, 0.15) is 5.60 Å². The van der Waals surface area contributed by atoms with Gasteiger partial charge < -0.3 is 25.4 Å². The molecule has 0 aromatic rings. The lowest BCUT2D eigenvalue weighted by Crippen LogP contribution is -2.54. The summed E-state index contributed by atoms with van der Waals surface area (Å²) in [5.74, 6) is 1.25. The van der Waals surface area contributed by atoms with Crippen molar-refractivity contribution in [2.24, 2.45) is 10.9 Å². The number of guanidine groups is 1. The minimum atomic E-state index is -0.511. The van der Waals surface area contributed by atoms with Crippen LogP contribution in [0, 0.1) is 5.92 Å². The number of carbonyl (C=O) groups is 1. The molecule has 0 aromatic carbocycles. The van der Waals surface area contributed by atoms with Gasteiger partial charge in [0.05, 0.1) is 5.54 Å². The molecule has 0 radical (unpaired) electrons. The molecule has 7 heteroatoms. The SMILES string of the molecule is CN=C(NCCCOCC(C)C)NCC(C)(C)NC(=O)OC(C)(C)C. The maximum Gasteiger partial charge on any atom is 0.408 e. The summed E-state index contributed by atoms with van der Waals surface area (Å²) < 4.78 is 10.8. The van der Waals surface area contributed by atoms with Crippen molar-refractivity contribution < 1.29 is 14.3 Å². The molecule has 25 heavy (non-hydrogen) atoms. The van der Waals surface area contributed by atoms with Gasteiger partial charge in [-0.3, -0.25) is 4.99 Å². The zero-order chi connectivity index (χ0) is 19.5. The molecule has 0 bridgehead atoms. The fourth-order valence-electron chi connectivity index (χ4n) is 1.85. The monoisotopic (exact) mass is 358 g/mol. The molecule has 0 aromatic heterocycles. The van der Waals surface area contributed by atoms with Crippen LogP contribution in [-0.4, -0.2) is 56.5 Å². The summed E-state index contributed by atoms with van der Waals surface area (Å²) in [5.41, 5.74) is -0.983. The molecule has 0 saturated carbocycles. The van der Waals surface area contributed by atoms with Crippen molar-refractivity contribution in [3.63, 3.8) is 0 Å². The molecule has 0 unspecified atom stereocenters. The lowest BCUT2D eigenvalue weighted by atomic mass is 10.1. The Morgan fingerprint density at radius 1 is 1.12 bits per heavy atom. The predicted molar refractivity (Wildman–Crippen MR) is 103 cm³/mol. The van der Waals surface area contributed by atoms with Crippen LogP contribution in [0.1, 0.15) is 54.9 Å². The highest BCUT2D eigenvalue weighted by Gasteiger charge is 2.24. The lowest BCUT2D eigenvalue weighted by Gasteiger charge is -2.29. The number of ether oxygens (including phenoxy) is 2. The van der Waals surface area contributed by atoms with Gasteiger partial charge in [-0.2, -0.15) is 0 Å². The fraction of sp³-hybridized carbons (Fsp3) is 0.889. The number of carbonyl (C=O) groups excluding carboxylic acids is 1. The predicted octanol–water partition coefficient (Wildman–Crippen LogP) is 2.52. The van der Waals surface area contributed by atoms with Crippen LogP contribution in [0.15, 0.2) is 4.99 Å². The molecule has 0 saturated heterocycles. The zero-order valence-corrected chi connectivity index (χ0v) is 17.3. The Morgan fingerprint density at radius 2 is 1.76 bits per heavy atom. The van der Waals surface area contributed by atoms with Crippen molar-refractivity contribution in [1.82, 2.24) is 16.0 Å². The van der Waals surface area contributed by atoms with E-state index in [1.807, 2.05) is 34.6 Å². The molecule has 0 aliphatic heterocycles. The van der Waals surface area contributed by atoms with Crippen LogP contribution < -0.4 is 16.0 Å². The average Bonchev–Trinajstić information content (AvgIpc) is 2.42. The standard InChI is InChI=1S/C18H38N4O3/c1-14(2)12-24-11-9-10-20-15(19-8)21-13-18(6,7)22-16(23)25-17(3,4)5/h14H,9-13H2,1-8H3,(H,22,23)(H2,19,20,21). The topological polar surface area (TPSA) is 84.0 Å². The smallest absolute Gasteiger partial charge is 0.408 e. The number of amides is 1. The van der Waals surface area contributed by atoms with Crippen molar-refractivity contribution in [3.8, 4) is 0 Å². The molecule has 1 amide bonds. The molecule has 3 N–H and O–H groups in total. The van der Waals surface area contributed by atoms with E-state index in [4.69, 9.17) is 9.47 Å². The van der Waals surface area contributed by atoms with Gasteiger partial charge in [0, 0.05) is 33.4 Å². The summed E-state index contributed by atoms with van der Waals surface area (Å²) in [4.78, 5) is 16.1. The summed E-state index contributed by atoms with van der Waals surface area (Å²) >= 11 is 0. The van der Waals surface area contributed by atoms with Gasteiger partial charge >= 0.3 is 6.09 Å². The number of aliphatic imine (C=N–C) groups is 1. The van der Waals surface area contributed by atoms with Gasteiger partial charge in [0.25, 0.3) is 0 Å². The molecule has 0 rings (SSSR count). The first-order chi connectivity index (χ1) is 11.4. The van der Waals surface area contributed by atoms with Crippen molar-refractivity contribution >= 4 is 12.1 Å². The van der Waals surface area contributed by atoms with E-state index in [1.54, 1.807) is 7.05 Å². The number of alkyl carbamates (subject to hydrolysis) is 1. The summed E-state index contributed by atoms with van der Waals surface area (Å²) in [5, 5.41) is 9.31. The molecule has 0 aliphatic rings. The zero-order valence-electron chi connectivity index (χ0n) is 17.3. The maximum atomic E-state index is 11.9. The van der Waals surface area contributed by atoms with E-state index in [0.29, 0.717) is 18.4 Å². The molecule has 0 spiro atoms. The van der Waals surface area contributed by atoms with Crippen molar-refractivity contribution in [2.75, 3.05) is 33.4 Å². The summed E-state index contributed by atoms with van der Waals surface area (Å²) in [6.45, 7) is 16.5. The third-order valence-electron chi connectivity index (χ3n) is 2.97. The van der Waals surface area contributed by atoms with Crippen LogP contribution in [0.4, 0.5) is 4.79 Å². The Kier molecular flexibility index (Phi) is 10.5. The van der Waals surface area contributed by atoms with Gasteiger partial charge in [0.2, 0.25) is 0 Å². The second-order valence-electron chi connectivity index (χ2n) is 8.19. The Morgan fingerprint density at radius 3 is 2.28 bits per heavy atom. The highest BCUT2D eigenvalue weighted by Crippen LogP contribution is 2.09. The molecule has 7 nitrogen and oxygen atoms in total. The van der Waals surface area contributed by atoms with Gasteiger partial charge in [-0.1, -0.05) is 13.8 Å². The van der Waals surface area contributed by atoms with Crippen molar-refractivity contribution in [1.29, 1.82) is 0 Å². The summed E-state index contributed by atoms with van der Waals surface area (Å²) in [7, 11) is 1.72. The van der Waals surface area contributed by atoms with Crippen LogP contribution in [0.25, 0.3) is 0 Å². The Balaban J connectivity index is 4.09. The molecule has 0 heterocycles. The Hall–Kier alpha value is -1.50. The number of nitrogens with one attached hydrogen (secondary N) is 3. The molecule has 0 atom stereocenters. The first kappa shape index (κ1) is 23.5. The second-order valence-corrected chi connectivity index (χ2v) is 8.19. The lowest BCUT2D eigenvalue weighted by molar-refractivity contribution is 0.0474. The van der Waals surface area contributed by atoms with Crippen LogP contribution >= 0.6 is 0 Å². The quantitative estimate of drug-likeness (QED) is 0.335. The van der Waals surface area contributed by atoms with Gasteiger partial charge in [-0.15, -0.1) is 0 Å². The van der Waals surface area contributed by atoms with Crippen LogP contribution in [0.2, 0.25) is 0 Å². The third-order valence-corrected chi connectivity index (χ3v) is 2.97. The van der Waals surface area contributed by atoms with E-state index < -0.39 is 17.2 Å². The molecule has 0 fully saturated rings. The highest BCUT2D eigenvalue weighted by atomic mass is 16.6. The average molecular weight is 359 g/mol. The van der Waals surface area contributed by atoms with E-state index in [0.717, 1.165) is 26.2 Å². The fourth-order valence-corrected chi connectivity index (χ4v) is 1.85. The van der Waals surface area contributed by atoms with E-state index in [1.165, 1.54) is 0 Å². The van der Waals surface area contributed by atoms with Crippen LogP contribution in [0.3, 0.4) is 0 Å². The van der Waals surface area contributed by atoms with E-state index in [9.17, 15) is 4.79 Å². The van der Waals surface area contributed by atoms with Crippen molar-refractivity contribution in [2.45, 2.75) is 66.0 Å². The van der Waals surface area contributed by atoms with E-state index in [2.05, 4.69) is 34.8 Å². The molecular weight excluding hydrogens is 320 g/mol. The van der Waals surface area contributed by atoms with E-state index in [-0.39, 0.29) is 0 Å². The minimum absolute atomic E-state index is 0.426. The van der Waals surface area contributed by atoms with Gasteiger partial charge in [-0.05, 0) is 47.0 Å². The van der Waals surface area contributed by atoms with Gasteiger partial charge in [-0.25, -0.2) is 4.79 Å². The van der Waals surface area contributed by atoms with Crippen LogP contribution in [-0.2, 0) is 9.47 Å². The highest BCUT2D eigenvalue weighted by molar-refractivity contribution is 5.79. The largest absolute Gasteiger partial charge is 0.444 e. The molecule has 148 valence electrons. The number of hydrogen-bond donors (Lipinski definition) is 3. The maximum absolute atomic E-state index is 11.9. The number of rotatable bonds is 9.